The minimum absolute atomic E-state index is 0.0348. The van der Waals surface area contributed by atoms with Crippen LogP contribution in [0.3, 0.4) is 0 Å². The van der Waals surface area contributed by atoms with Crippen LogP contribution in [0.2, 0.25) is 0 Å². The van der Waals surface area contributed by atoms with Gasteiger partial charge in [-0.1, -0.05) is 20.3 Å². The van der Waals surface area contributed by atoms with Gasteiger partial charge >= 0.3 is 5.97 Å². The molecule has 1 heterocycles. The molecule has 1 fully saturated rings. The fourth-order valence-electron chi connectivity index (χ4n) is 3.23. The van der Waals surface area contributed by atoms with Gasteiger partial charge in [0.25, 0.3) is 0 Å². The summed E-state index contributed by atoms with van der Waals surface area (Å²) in [7, 11) is -2.24. The van der Waals surface area contributed by atoms with Gasteiger partial charge in [-0.05, 0) is 43.0 Å². The number of carboxylic acids is 1. The number of aliphatic carboxylic acids is 1. The zero-order chi connectivity index (χ0) is 20.9. The SMILES string of the molecule is CC[C@@H](C)[C@H](NC(=O)[C@@H]1CCCN(S(=O)(=O)c2ccc(OC)cc2)C1)C(=O)O. The van der Waals surface area contributed by atoms with E-state index in [2.05, 4.69) is 5.32 Å². The smallest absolute Gasteiger partial charge is 0.326 e. The number of carbonyl (C=O) groups is 2. The highest BCUT2D eigenvalue weighted by atomic mass is 32.2. The van der Waals surface area contributed by atoms with Gasteiger partial charge in [0.15, 0.2) is 0 Å². The normalized spacial score (nSPS) is 20.2. The van der Waals surface area contributed by atoms with E-state index < -0.39 is 33.9 Å². The first-order valence-corrected chi connectivity index (χ1v) is 10.8. The second kappa shape index (κ2) is 9.38. The summed E-state index contributed by atoms with van der Waals surface area (Å²) in [5.41, 5.74) is 0. The third kappa shape index (κ3) is 5.02. The van der Waals surface area contributed by atoms with Crippen molar-refractivity contribution < 1.29 is 27.9 Å². The molecule has 0 aromatic heterocycles. The molecule has 0 radical (unpaired) electrons. The van der Waals surface area contributed by atoms with Gasteiger partial charge in [0.2, 0.25) is 15.9 Å². The third-order valence-electron chi connectivity index (χ3n) is 5.23. The molecule has 2 N–H and O–H groups in total. The average Bonchev–Trinajstić information content (AvgIpc) is 2.71. The maximum atomic E-state index is 12.9. The summed E-state index contributed by atoms with van der Waals surface area (Å²) in [5, 5.41) is 12.0. The molecule has 0 saturated carbocycles. The van der Waals surface area contributed by atoms with Gasteiger partial charge < -0.3 is 15.2 Å². The van der Waals surface area contributed by atoms with Gasteiger partial charge in [-0.15, -0.1) is 0 Å². The number of amides is 1. The molecule has 1 aliphatic heterocycles. The zero-order valence-electron chi connectivity index (χ0n) is 16.4. The number of rotatable bonds is 8. The maximum Gasteiger partial charge on any atom is 0.326 e. The fraction of sp³-hybridized carbons (Fsp3) is 0.579. The number of hydrogen-bond donors (Lipinski definition) is 2. The number of benzene rings is 1. The van der Waals surface area contributed by atoms with E-state index in [1.165, 1.54) is 23.5 Å². The van der Waals surface area contributed by atoms with Crippen LogP contribution in [0, 0.1) is 11.8 Å². The van der Waals surface area contributed by atoms with Gasteiger partial charge in [0, 0.05) is 13.1 Å². The molecule has 1 saturated heterocycles. The van der Waals surface area contributed by atoms with Crippen molar-refractivity contribution in [2.24, 2.45) is 11.8 Å². The van der Waals surface area contributed by atoms with Crippen molar-refractivity contribution in [1.82, 2.24) is 9.62 Å². The topological polar surface area (TPSA) is 113 Å². The zero-order valence-corrected chi connectivity index (χ0v) is 17.2. The minimum Gasteiger partial charge on any atom is -0.497 e. The second-order valence-corrected chi connectivity index (χ2v) is 9.03. The van der Waals surface area contributed by atoms with Crippen molar-refractivity contribution in [2.45, 2.75) is 44.0 Å². The van der Waals surface area contributed by atoms with Crippen molar-refractivity contribution in [3.05, 3.63) is 24.3 Å². The number of methoxy groups -OCH3 is 1. The van der Waals surface area contributed by atoms with Gasteiger partial charge in [0.05, 0.1) is 17.9 Å². The van der Waals surface area contributed by atoms with Crippen LogP contribution in [-0.2, 0) is 19.6 Å². The lowest BCUT2D eigenvalue weighted by Gasteiger charge is -2.32. The number of carbonyl (C=O) groups excluding carboxylic acids is 1. The first kappa shape index (κ1) is 22.2. The van der Waals surface area contributed by atoms with Crippen molar-refractivity contribution in [2.75, 3.05) is 20.2 Å². The third-order valence-corrected chi connectivity index (χ3v) is 7.11. The van der Waals surface area contributed by atoms with Crippen molar-refractivity contribution >= 4 is 21.9 Å². The molecule has 8 nitrogen and oxygen atoms in total. The molecular formula is C19H28N2O6S. The summed E-state index contributed by atoms with van der Waals surface area (Å²) >= 11 is 0. The molecule has 0 aliphatic carbocycles. The summed E-state index contributed by atoms with van der Waals surface area (Å²) in [4.78, 5) is 24.2. The van der Waals surface area contributed by atoms with E-state index in [0.717, 1.165) is 0 Å². The summed E-state index contributed by atoms with van der Waals surface area (Å²) in [6.07, 6.45) is 1.67. The van der Waals surface area contributed by atoms with Crippen LogP contribution in [0.15, 0.2) is 29.2 Å². The number of carboxylic acid groups (broad SMARTS) is 1. The molecule has 1 amide bonds. The Balaban J connectivity index is 2.11. The highest BCUT2D eigenvalue weighted by Gasteiger charge is 2.35. The summed E-state index contributed by atoms with van der Waals surface area (Å²) in [6.45, 7) is 3.98. The number of nitrogens with zero attached hydrogens (tertiary/aromatic N) is 1. The Morgan fingerprint density at radius 1 is 1.32 bits per heavy atom. The number of ether oxygens (including phenoxy) is 1. The Kier molecular flexibility index (Phi) is 7.42. The van der Waals surface area contributed by atoms with Gasteiger partial charge in [-0.2, -0.15) is 4.31 Å². The van der Waals surface area contributed by atoms with Crippen LogP contribution < -0.4 is 10.1 Å². The molecular weight excluding hydrogens is 384 g/mol. The molecule has 9 heteroatoms. The maximum absolute atomic E-state index is 12.9. The van der Waals surface area contributed by atoms with Crippen LogP contribution in [0.5, 0.6) is 5.75 Å². The van der Waals surface area contributed by atoms with E-state index in [9.17, 15) is 23.1 Å². The number of sulfonamides is 1. The molecule has 2 rings (SSSR count). The molecule has 0 unspecified atom stereocenters. The first-order chi connectivity index (χ1) is 13.2. The Labute approximate surface area is 165 Å². The van der Waals surface area contributed by atoms with Gasteiger partial charge in [-0.3, -0.25) is 4.79 Å². The minimum atomic E-state index is -3.74. The van der Waals surface area contributed by atoms with Gasteiger partial charge in [0.1, 0.15) is 11.8 Å². The highest BCUT2D eigenvalue weighted by Crippen LogP contribution is 2.25. The quantitative estimate of drug-likeness (QED) is 0.672. The Morgan fingerprint density at radius 2 is 1.96 bits per heavy atom. The van der Waals surface area contributed by atoms with Crippen LogP contribution in [0.4, 0.5) is 0 Å². The van der Waals surface area contributed by atoms with Crippen LogP contribution in [0.25, 0.3) is 0 Å². The van der Waals surface area contributed by atoms with E-state index in [4.69, 9.17) is 4.74 Å². The largest absolute Gasteiger partial charge is 0.497 e. The predicted octanol–water partition coefficient (Wildman–Crippen LogP) is 1.71. The molecule has 3 atom stereocenters. The molecule has 1 aliphatic rings. The van der Waals surface area contributed by atoms with Crippen molar-refractivity contribution in [1.29, 1.82) is 0 Å². The standard InChI is InChI=1S/C19H28N2O6S/c1-4-13(2)17(19(23)24)20-18(22)14-6-5-11-21(12-14)28(25,26)16-9-7-15(27-3)8-10-16/h7-10,13-14,17H,4-6,11-12H2,1-3H3,(H,20,22)(H,23,24)/t13-,14-,17+/m1/s1. The van der Waals surface area contributed by atoms with Crippen molar-refractivity contribution in [3.8, 4) is 5.75 Å². The second-order valence-electron chi connectivity index (χ2n) is 7.09. The van der Waals surface area contributed by atoms with Crippen LogP contribution in [0.1, 0.15) is 33.1 Å². The molecule has 1 aromatic carbocycles. The molecule has 28 heavy (non-hydrogen) atoms. The summed E-state index contributed by atoms with van der Waals surface area (Å²) in [6, 6.07) is 5.11. The van der Waals surface area contributed by atoms with Crippen molar-refractivity contribution in [3.63, 3.8) is 0 Å². The Morgan fingerprint density at radius 3 is 2.50 bits per heavy atom. The molecule has 0 bridgehead atoms. The van der Waals surface area contributed by atoms with E-state index in [1.807, 2.05) is 6.92 Å². The van der Waals surface area contributed by atoms with E-state index in [0.29, 0.717) is 31.6 Å². The van der Waals surface area contributed by atoms with Gasteiger partial charge in [-0.25, -0.2) is 13.2 Å². The lowest BCUT2D eigenvalue weighted by Crippen LogP contribution is -2.51. The lowest BCUT2D eigenvalue weighted by molar-refractivity contribution is -0.144. The Bertz CT molecular complexity index is 793. The molecule has 0 spiro atoms. The molecule has 156 valence electrons. The fourth-order valence-corrected chi connectivity index (χ4v) is 4.75. The highest BCUT2D eigenvalue weighted by molar-refractivity contribution is 7.89. The number of nitrogens with one attached hydrogen (secondary N) is 1. The monoisotopic (exact) mass is 412 g/mol. The van der Waals surface area contributed by atoms with E-state index in [1.54, 1.807) is 19.1 Å². The average molecular weight is 413 g/mol. The number of piperidine rings is 1. The summed E-state index contributed by atoms with van der Waals surface area (Å²) < 4.78 is 32.1. The van der Waals surface area contributed by atoms with E-state index >= 15 is 0 Å². The number of hydrogen-bond acceptors (Lipinski definition) is 5. The Hall–Kier alpha value is -2.13. The molecule has 1 aromatic rings. The lowest BCUT2D eigenvalue weighted by atomic mass is 9.95. The summed E-state index contributed by atoms with van der Waals surface area (Å²) in [5.74, 6) is -1.74. The van der Waals surface area contributed by atoms with Crippen LogP contribution in [-0.4, -0.2) is 55.9 Å². The van der Waals surface area contributed by atoms with E-state index in [-0.39, 0.29) is 17.4 Å². The first-order valence-electron chi connectivity index (χ1n) is 9.38. The predicted molar refractivity (Wildman–Crippen MR) is 103 cm³/mol. The van der Waals surface area contributed by atoms with Crippen LogP contribution >= 0.6 is 0 Å².